The van der Waals surface area contributed by atoms with Crippen molar-refractivity contribution < 1.29 is 5.11 Å². The highest BCUT2D eigenvalue weighted by molar-refractivity contribution is 5.35. The van der Waals surface area contributed by atoms with Gasteiger partial charge in [0.15, 0.2) is 0 Å². The van der Waals surface area contributed by atoms with E-state index in [9.17, 15) is 5.11 Å². The molecule has 2 aromatic carbocycles. The number of hydrogen-bond donors (Lipinski definition) is 1. The van der Waals surface area contributed by atoms with Gasteiger partial charge in [-0.2, -0.15) is 0 Å². The summed E-state index contributed by atoms with van der Waals surface area (Å²) in [6.07, 6.45) is -0.559. The third kappa shape index (κ3) is 3.08. The minimum absolute atomic E-state index is 0.153. The van der Waals surface area contributed by atoms with Crippen molar-refractivity contribution in [2.75, 3.05) is 0 Å². The van der Waals surface area contributed by atoms with Crippen LogP contribution in [0.2, 0.25) is 0 Å². The second kappa shape index (κ2) is 5.51. The molecule has 0 fully saturated rings. The van der Waals surface area contributed by atoms with Crippen LogP contribution in [-0.2, 0) is 0 Å². The molecule has 1 radical (unpaired) electrons. The minimum atomic E-state index is -0.559. The number of para-hydroxylation sites is 1. The van der Waals surface area contributed by atoms with Crippen molar-refractivity contribution in [3.63, 3.8) is 0 Å². The Morgan fingerprint density at radius 3 is 2.00 bits per heavy atom. The molecule has 2 aromatic rings. The Bertz CT molecular complexity index is 441. The van der Waals surface area contributed by atoms with Crippen LogP contribution in [0.5, 0.6) is 0 Å². The van der Waals surface area contributed by atoms with Crippen molar-refractivity contribution in [2.24, 2.45) is 0 Å². The predicted octanol–water partition coefficient (Wildman–Crippen LogP) is 3.04. The first-order chi connectivity index (χ1) is 8.27. The number of nitrogens with zero attached hydrogens (tertiary/aromatic N) is 1. The third-order valence-corrected chi connectivity index (χ3v) is 2.71. The number of aliphatic hydroxyl groups excluding tert-OH is 1. The Labute approximate surface area is 102 Å². The van der Waals surface area contributed by atoms with E-state index in [0.29, 0.717) is 0 Å². The second-order valence-electron chi connectivity index (χ2n) is 4.06. The standard InChI is InChI=1S/C15H16NO/c1-12(16-14-10-6-3-7-11-14)15(17)13-8-4-2-5-9-13/h2-12,15,17H,1H3/t12-,15?/m0/s1. The van der Waals surface area contributed by atoms with Gasteiger partial charge in [0.25, 0.3) is 0 Å². The fraction of sp³-hybridized carbons (Fsp3) is 0.200. The van der Waals surface area contributed by atoms with Crippen LogP contribution in [0.1, 0.15) is 18.6 Å². The summed E-state index contributed by atoms with van der Waals surface area (Å²) in [5.41, 5.74) is 1.80. The quantitative estimate of drug-likeness (QED) is 0.854. The highest BCUT2D eigenvalue weighted by Crippen LogP contribution is 2.19. The van der Waals surface area contributed by atoms with E-state index in [4.69, 9.17) is 0 Å². The van der Waals surface area contributed by atoms with Crippen LogP contribution in [0.3, 0.4) is 0 Å². The molecule has 0 amide bonds. The summed E-state index contributed by atoms with van der Waals surface area (Å²) in [7, 11) is 0. The SMILES string of the molecule is C[C@H]([N]c1ccccc1)C(O)c1ccccc1. The molecule has 17 heavy (non-hydrogen) atoms. The average Bonchev–Trinajstić information content (AvgIpc) is 2.40. The van der Waals surface area contributed by atoms with Gasteiger partial charge in [-0.05, 0) is 24.6 Å². The maximum Gasteiger partial charge on any atom is 0.101 e. The zero-order valence-corrected chi connectivity index (χ0v) is 9.82. The van der Waals surface area contributed by atoms with Crippen molar-refractivity contribution in [3.05, 3.63) is 66.2 Å². The normalized spacial score (nSPS) is 14.0. The maximum atomic E-state index is 10.2. The lowest BCUT2D eigenvalue weighted by Gasteiger charge is -2.19. The molecule has 2 atom stereocenters. The van der Waals surface area contributed by atoms with Gasteiger partial charge in [0.05, 0.1) is 11.7 Å². The van der Waals surface area contributed by atoms with Crippen LogP contribution in [0.25, 0.3) is 0 Å². The van der Waals surface area contributed by atoms with E-state index in [0.717, 1.165) is 11.3 Å². The maximum absolute atomic E-state index is 10.2. The van der Waals surface area contributed by atoms with Crippen molar-refractivity contribution >= 4 is 5.69 Å². The number of aliphatic hydroxyl groups is 1. The summed E-state index contributed by atoms with van der Waals surface area (Å²) < 4.78 is 0. The van der Waals surface area contributed by atoms with Crippen LogP contribution in [0, 0.1) is 0 Å². The van der Waals surface area contributed by atoms with E-state index in [2.05, 4.69) is 5.32 Å². The molecular weight excluding hydrogens is 210 g/mol. The van der Waals surface area contributed by atoms with Crippen LogP contribution in [0.15, 0.2) is 60.7 Å². The van der Waals surface area contributed by atoms with Gasteiger partial charge in [0, 0.05) is 0 Å². The van der Waals surface area contributed by atoms with Gasteiger partial charge in [0.1, 0.15) is 6.10 Å². The molecule has 0 aromatic heterocycles. The third-order valence-electron chi connectivity index (χ3n) is 2.71. The molecule has 0 saturated carbocycles. The summed E-state index contributed by atoms with van der Waals surface area (Å²) in [4.78, 5) is 0. The molecule has 87 valence electrons. The van der Waals surface area contributed by atoms with Gasteiger partial charge >= 0.3 is 0 Å². The molecule has 1 unspecified atom stereocenters. The first-order valence-electron chi connectivity index (χ1n) is 5.76. The van der Waals surface area contributed by atoms with Gasteiger partial charge < -0.3 is 5.11 Å². The lowest BCUT2D eigenvalue weighted by atomic mass is 10.0. The van der Waals surface area contributed by atoms with Gasteiger partial charge in [-0.1, -0.05) is 48.5 Å². The van der Waals surface area contributed by atoms with Crippen LogP contribution >= 0.6 is 0 Å². The minimum Gasteiger partial charge on any atom is -0.386 e. The molecule has 0 saturated heterocycles. The molecule has 2 nitrogen and oxygen atoms in total. The summed E-state index contributed by atoms with van der Waals surface area (Å²) in [5.74, 6) is 0. The van der Waals surface area contributed by atoms with E-state index >= 15 is 0 Å². The fourth-order valence-electron chi connectivity index (χ4n) is 1.75. The van der Waals surface area contributed by atoms with Crippen molar-refractivity contribution in [1.82, 2.24) is 5.32 Å². The van der Waals surface area contributed by atoms with Crippen molar-refractivity contribution in [2.45, 2.75) is 19.1 Å². The molecule has 2 heteroatoms. The lowest BCUT2D eigenvalue weighted by Crippen LogP contribution is -2.23. The summed E-state index contributed by atoms with van der Waals surface area (Å²) in [6.45, 7) is 1.92. The predicted molar refractivity (Wildman–Crippen MR) is 69.1 cm³/mol. The van der Waals surface area contributed by atoms with E-state index in [1.807, 2.05) is 67.6 Å². The highest BCUT2D eigenvalue weighted by atomic mass is 16.3. The Morgan fingerprint density at radius 1 is 0.882 bits per heavy atom. The second-order valence-corrected chi connectivity index (χ2v) is 4.06. The lowest BCUT2D eigenvalue weighted by molar-refractivity contribution is 0.142. The van der Waals surface area contributed by atoms with Crippen molar-refractivity contribution in [1.29, 1.82) is 0 Å². The Kier molecular flexibility index (Phi) is 3.78. The Balaban J connectivity index is 2.03. The van der Waals surface area contributed by atoms with Gasteiger partial charge in [-0.25, -0.2) is 0 Å². The number of hydrogen-bond acceptors (Lipinski definition) is 1. The highest BCUT2D eigenvalue weighted by Gasteiger charge is 2.16. The smallest absolute Gasteiger partial charge is 0.101 e. The zero-order chi connectivity index (χ0) is 12.1. The van der Waals surface area contributed by atoms with E-state index in [1.165, 1.54) is 0 Å². The molecule has 0 aliphatic rings. The van der Waals surface area contributed by atoms with E-state index in [-0.39, 0.29) is 6.04 Å². The van der Waals surface area contributed by atoms with E-state index in [1.54, 1.807) is 0 Å². The molecular formula is C15H16NO. The first-order valence-corrected chi connectivity index (χ1v) is 5.76. The van der Waals surface area contributed by atoms with Crippen molar-refractivity contribution in [3.8, 4) is 0 Å². The monoisotopic (exact) mass is 226 g/mol. The molecule has 0 spiro atoms. The summed E-state index contributed by atoms with van der Waals surface area (Å²) in [6, 6.07) is 19.2. The summed E-state index contributed by atoms with van der Waals surface area (Å²) in [5, 5.41) is 14.6. The number of rotatable bonds is 4. The van der Waals surface area contributed by atoms with Gasteiger partial charge in [0.2, 0.25) is 0 Å². The summed E-state index contributed by atoms with van der Waals surface area (Å²) >= 11 is 0. The molecule has 0 aliphatic carbocycles. The molecule has 2 rings (SSSR count). The first kappa shape index (κ1) is 11.7. The largest absolute Gasteiger partial charge is 0.386 e. The molecule has 0 bridgehead atoms. The molecule has 0 aliphatic heterocycles. The average molecular weight is 226 g/mol. The van der Waals surface area contributed by atoms with Crippen LogP contribution < -0.4 is 5.32 Å². The van der Waals surface area contributed by atoms with Gasteiger partial charge in [-0.15, -0.1) is 0 Å². The fourth-order valence-corrected chi connectivity index (χ4v) is 1.75. The van der Waals surface area contributed by atoms with E-state index < -0.39 is 6.10 Å². The Morgan fingerprint density at radius 2 is 1.41 bits per heavy atom. The topological polar surface area (TPSA) is 34.3 Å². The Hall–Kier alpha value is -1.80. The molecule has 1 N–H and O–H groups in total. The zero-order valence-electron chi connectivity index (χ0n) is 9.82. The number of benzene rings is 2. The van der Waals surface area contributed by atoms with Crippen LogP contribution in [0.4, 0.5) is 5.69 Å². The molecule has 0 heterocycles. The van der Waals surface area contributed by atoms with Gasteiger partial charge in [-0.3, -0.25) is 5.32 Å². The van der Waals surface area contributed by atoms with Crippen LogP contribution in [-0.4, -0.2) is 11.1 Å².